The molecule has 2 nitrogen and oxygen atoms in total. The molecule has 0 saturated heterocycles. The predicted octanol–water partition coefficient (Wildman–Crippen LogP) is 3.88. The van der Waals surface area contributed by atoms with Gasteiger partial charge in [-0.15, -0.1) is 11.3 Å². The highest BCUT2D eigenvalue weighted by Crippen LogP contribution is 2.39. The number of nitrogens with zero attached hydrogens (tertiary/aromatic N) is 1. The molecule has 0 spiro atoms. The average molecular weight is 239 g/mol. The number of hydrogen-bond donors (Lipinski definition) is 1. The van der Waals surface area contributed by atoms with Crippen molar-refractivity contribution >= 4 is 11.3 Å². The number of rotatable bonds is 3. The van der Waals surface area contributed by atoms with Gasteiger partial charge in [-0.1, -0.05) is 13.3 Å². The van der Waals surface area contributed by atoms with E-state index in [4.69, 9.17) is 0 Å². The van der Waals surface area contributed by atoms with Crippen LogP contribution in [0.5, 0.6) is 0 Å². The Morgan fingerprint density at radius 2 is 2.12 bits per heavy atom. The van der Waals surface area contributed by atoms with Gasteiger partial charge in [0, 0.05) is 12.1 Å². The molecule has 1 aliphatic carbocycles. The Morgan fingerprint density at radius 3 is 2.62 bits per heavy atom. The van der Waals surface area contributed by atoms with Crippen LogP contribution in [0.4, 0.5) is 0 Å². The Labute approximate surface area is 102 Å². The van der Waals surface area contributed by atoms with Crippen molar-refractivity contribution in [1.29, 1.82) is 0 Å². The van der Waals surface area contributed by atoms with Gasteiger partial charge in [0.15, 0.2) is 0 Å². The van der Waals surface area contributed by atoms with Crippen LogP contribution in [0.25, 0.3) is 0 Å². The minimum absolute atomic E-state index is 0.363. The van der Waals surface area contributed by atoms with E-state index in [9.17, 15) is 5.11 Å². The summed E-state index contributed by atoms with van der Waals surface area (Å²) in [4.78, 5) is 5.48. The molecule has 1 unspecified atom stereocenters. The van der Waals surface area contributed by atoms with Gasteiger partial charge in [0.2, 0.25) is 0 Å². The maximum absolute atomic E-state index is 9.49. The second-order valence-corrected chi connectivity index (χ2v) is 6.00. The molecule has 3 heteroatoms. The molecule has 1 atom stereocenters. The molecule has 1 fully saturated rings. The maximum atomic E-state index is 9.49. The van der Waals surface area contributed by atoms with Gasteiger partial charge in [-0.2, -0.15) is 0 Å². The first-order valence-electron chi connectivity index (χ1n) is 6.34. The molecule has 16 heavy (non-hydrogen) atoms. The van der Waals surface area contributed by atoms with Gasteiger partial charge >= 0.3 is 0 Å². The summed E-state index contributed by atoms with van der Waals surface area (Å²) in [6.07, 6.45) is 8.07. The van der Waals surface area contributed by atoms with Crippen LogP contribution in [0, 0.1) is 5.92 Å². The first-order valence-corrected chi connectivity index (χ1v) is 7.16. The molecule has 90 valence electrons. The second-order valence-electron chi connectivity index (χ2n) is 4.90. The number of aliphatic hydroxyl groups excluding tert-OH is 1. The van der Waals surface area contributed by atoms with Gasteiger partial charge in [-0.25, -0.2) is 4.98 Å². The summed E-state index contributed by atoms with van der Waals surface area (Å²) in [5.74, 6) is 1.59. The molecule has 0 aliphatic heterocycles. The van der Waals surface area contributed by atoms with E-state index in [-0.39, 0.29) is 6.10 Å². The van der Waals surface area contributed by atoms with E-state index >= 15 is 0 Å². The molecule has 0 bridgehead atoms. The third kappa shape index (κ3) is 2.64. The van der Waals surface area contributed by atoms with Crippen molar-refractivity contribution in [3.63, 3.8) is 0 Å². The fourth-order valence-corrected chi connectivity index (χ4v) is 3.53. The lowest BCUT2D eigenvalue weighted by molar-refractivity contribution is 0.203. The third-order valence-corrected chi connectivity index (χ3v) is 5.06. The summed E-state index contributed by atoms with van der Waals surface area (Å²) < 4.78 is 0. The number of aromatic nitrogens is 1. The first kappa shape index (κ1) is 12.1. The summed E-state index contributed by atoms with van der Waals surface area (Å²) in [6.45, 7) is 4.10. The fraction of sp³-hybridized carbons (Fsp3) is 0.769. The minimum atomic E-state index is -0.363. The lowest BCUT2D eigenvalue weighted by atomic mass is 9.81. The van der Waals surface area contributed by atoms with Crippen LogP contribution in [-0.2, 0) is 0 Å². The SMILES string of the molecule is CCC1CCC(c2ncc(C(C)O)s2)CC1. The molecule has 1 heterocycles. The monoisotopic (exact) mass is 239 g/mol. The molecule has 1 N–H and O–H groups in total. The average Bonchev–Trinajstić information content (AvgIpc) is 2.78. The predicted molar refractivity (Wildman–Crippen MR) is 67.7 cm³/mol. The van der Waals surface area contributed by atoms with E-state index in [0.29, 0.717) is 5.92 Å². The zero-order chi connectivity index (χ0) is 11.5. The molecule has 0 amide bonds. The molecular weight excluding hydrogens is 218 g/mol. The molecule has 1 aromatic heterocycles. The normalized spacial score (nSPS) is 27.9. The van der Waals surface area contributed by atoms with Crippen LogP contribution in [-0.4, -0.2) is 10.1 Å². The molecule has 1 aromatic rings. The fourth-order valence-electron chi connectivity index (χ4n) is 2.50. The Hall–Kier alpha value is -0.410. The summed E-state index contributed by atoms with van der Waals surface area (Å²) in [6, 6.07) is 0. The molecule has 1 aliphatic rings. The highest BCUT2D eigenvalue weighted by Gasteiger charge is 2.23. The van der Waals surface area contributed by atoms with Crippen molar-refractivity contribution in [3.05, 3.63) is 16.1 Å². The van der Waals surface area contributed by atoms with Gasteiger partial charge in [0.1, 0.15) is 0 Å². The van der Waals surface area contributed by atoms with E-state index in [1.807, 2.05) is 13.1 Å². The van der Waals surface area contributed by atoms with Crippen LogP contribution in [0.15, 0.2) is 6.20 Å². The van der Waals surface area contributed by atoms with E-state index in [1.165, 1.54) is 37.1 Å². The van der Waals surface area contributed by atoms with E-state index in [1.54, 1.807) is 11.3 Å². The number of aliphatic hydroxyl groups is 1. The van der Waals surface area contributed by atoms with Crippen molar-refractivity contribution in [3.8, 4) is 0 Å². The lowest BCUT2D eigenvalue weighted by Gasteiger charge is -2.26. The van der Waals surface area contributed by atoms with Gasteiger partial charge < -0.3 is 5.11 Å². The smallest absolute Gasteiger partial charge is 0.0959 e. The first-order chi connectivity index (χ1) is 7.70. The third-order valence-electron chi connectivity index (χ3n) is 3.73. The van der Waals surface area contributed by atoms with Gasteiger partial charge in [-0.05, 0) is 38.5 Å². The minimum Gasteiger partial charge on any atom is -0.388 e. The van der Waals surface area contributed by atoms with Crippen LogP contribution in [0.3, 0.4) is 0 Å². The Bertz CT molecular complexity index is 326. The van der Waals surface area contributed by atoms with Crippen molar-refractivity contribution in [2.24, 2.45) is 5.92 Å². The summed E-state index contributed by atoms with van der Waals surface area (Å²) >= 11 is 1.70. The highest BCUT2D eigenvalue weighted by atomic mass is 32.1. The summed E-state index contributed by atoms with van der Waals surface area (Å²) in [5, 5.41) is 10.7. The molecular formula is C13H21NOS. The second kappa shape index (κ2) is 5.28. The van der Waals surface area contributed by atoms with Gasteiger partial charge in [0.05, 0.1) is 16.0 Å². The zero-order valence-corrected chi connectivity index (χ0v) is 11.0. The molecule has 2 rings (SSSR count). The van der Waals surface area contributed by atoms with E-state index in [0.717, 1.165) is 10.8 Å². The lowest BCUT2D eigenvalue weighted by Crippen LogP contribution is -2.12. The van der Waals surface area contributed by atoms with Crippen LogP contribution in [0.1, 0.15) is 67.9 Å². The van der Waals surface area contributed by atoms with Crippen LogP contribution in [0.2, 0.25) is 0 Å². The zero-order valence-electron chi connectivity index (χ0n) is 10.1. The standard InChI is InChI=1S/C13H21NOS/c1-3-10-4-6-11(7-5-10)13-14-8-12(16-13)9(2)15/h8-11,15H,3-7H2,1-2H3. The Kier molecular flexibility index (Phi) is 3.98. The highest BCUT2D eigenvalue weighted by molar-refractivity contribution is 7.11. The molecule has 1 saturated carbocycles. The molecule has 0 aromatic carbocycles. The van der Waals surface area contributed by atoms with Gasteiger partial charge in [-0.3, -0.25) is 0 Å². The van der Waals surface area contributed by atoms with Gasteiger partial charge in [0.25, 0.3) is 0 Å². The quantitative estimate of drug-likeness (QED) is 0.868. The van der Waals surface area contributed by atoms with E-state index in [2.05, 4.69) is 11.9 Å². The van der Waals surface area contributed by atoms with Crippen molar-refractivity contribution in [2.75, 3.05) is 0 Å². The van der Waals surface area contributed by atoms with Crippen molar-refractivity contribution < 1.29 is 5.11 Å². The van der Waals surface area contributed by atoms with Crippen molar-refractivity contribution in [1.82, 2.24) is 4.98 Å². The Balaban J connectivity index is 1.97. The summed E-state index contributed by atoms with van der Waals surface area (Å²) in [5.41, 5.74) is 0. The number of hydrogen-bond acceptors (Lipinski definition) is 3. The number of thiazole rings is 1. The largest absolute Gasteiger partial charge is 0.388 e. The van der Waals surface area contributed by atoms with Crippen molar-refractivity contribution in [2.45, 2.75) is 58.0 Å². The Morgan fingerprint density at radius 1 is 1.44 bits per heavy atom. The topological polar surface area (TPSA) is 33.1 Å². The summed E-state index contributed by atoms with van der Waals surface area (Å²) in [7, 11) is 0. The van der Waals surface area contributed by atoms with Crippen LogP contribution >= 0.6 is 11.3 Å². The van der Waals surface area contributed by atoms with E-state index < -0.39 is 0 Å². The van der Waals surface area contributed by atoms with Crippen LogP contribution < -0.4 is 0 Å². The maximum Gasteiger partial charge on any atom is 0.0959 e. The molecule has 0 radical (unpaired) electrons.